The molecule has 6 rings (SSSR count). The number of nitrogens with one attached hydrogen (secondary N) is 2. The van der Waals surface area contributed by atoms with Crippen molar-refractivity contribution < 1.29 is 52.0 Å². The highest BCUT2D eigenvalue weighted by molar-refractivity contribution is 7.48. The Labute approximate surface area is 444 Å². The van der Waals surface area contributed by atoms with Gasteiger partial charge >= 0.3 is 7.82 Å². The summed E-state index contributed by atoms with van der Waals surface area (Å²) < 4.78 is 41.5. The molecule has 0 aliphatic rings. The van der Waals surface area contributed by atoms with E-state index in [1.807, 2.05) is 78.9 Å². The highest BCUT2D eigenvalue weighted by Crippen LogP contribution is 2.54. The number of amides is 2. The van der Waals surface area contributed by atoms with Crippen molar-refractivity contribution in [1.82, 2.24) is 20.6 Å². The van der Waals surface area contributed by atoms with Crippen molar-refractivity contribution in [3.05, 3.63) is 188 Å². The summed E-state index contributed by atoms with van der Waals surface area (Å²) in [6, 6.07) is 36.0. The number of alkyl halides is 2. The van der Waals surface area contributed by atoms with Gasteiger partial charge < -0.3 is 34.9 Å². The van der Waals surface area contributed by atoms with Gasteiger partial charge in [-0.15, -0.1) is 23.2 Å². The Bertz CT molecular complexity index is 2790. The molecule has 2 aromatic heterocycles. The summed E-state index contributed by atoms with van der Waals surface area (Å²) in [6.07, 6.45) is 1.36. The number of phosphoric acid groups is 1. The van der Waals surface area contributed by atoms with E-state index in [1.54, 1.807) is 56.3 Å². The maximum Gasteiger partial charge on any atom is 0.475 e. The molecule has 2 unspecified atom stereocenters. The van der Waals surface area contributed by atoms with Gasteiger partial charge in [-0.1, -0.05) is 143 Å². The largest absolute Gasteiger partial charge is 0.475 e. The summed E-state index contributed by atoms with van der Waals surface area (Å²) in [5.74, 6) is -0.423. The SMILES string of the molecule is CCOP(=O)(OCC)OC(c1ccccc1)c1cnc(OCc2ccccc2/C(=N\OC)C(=O)NC)c(Cl)c1.CNC(=O)/C(=N/OC)c1ccccc1COc1ncc(C(O)c2ccccc2)cc1Cl.ClCCl. The van der Waals surface area contributed by atoms with E-state index in [0.717, 1.165) is 5.56 Å². The number of nitrogens with zero attached hydrogens (tertiary/aromatic N) is 4. The number of pyridine rings is 2. The number of rotatable bonds is 22. The van der Waals surface area contributed by atoms with Gasteiger partial charge in [0.1, 0.15) is 49.7 Å². The predicted molar refractivity (Wildman–Crippen MR) is 283 cm³/mol. The van der Waals surface area contributed by atoms with E-state index in [2.05, 4.69) is 30.9 Å². The topological polar surface area (TPSA) is 211 Å². The van der Waals surface area contributed by atoms with E-state index < -0.39 is 25.9 Å². The van der Waals surface area contributed by atoms with Gasteiger partial charge in [0.2, 0.25) is 11.8 Å². The lowest BCUT2D eigenvalue weighted by molar-refractivity contribution is -0.115. The van der Waals surface area contributed by atoms with Gasteiger partial charge in [-0.25, -0.2) is 14.5 Å². The third kappa shape index (κ3) is 17.8. The molecule has 3 N–H and O–H groups in total. The maximum atomic E-state index is 13.2. The standard InChI is InChI=1S/C27H31ClN3O7P.C23H22ClN3O4.CH2Cl2/c1-5-36-39(33,37-6-2)38-25(19-12-8-7-9-13-19)21-16-23(28)27(30-17-21)35-18-20-14-10-11-15-22(20)24(31-34-4)26(32)29-3;1-25-22(29)20(27-30-2)18-11-7-6-10-16(18)14-31-23-19(24)12-17(13-26-23)21(28)15-8-4-3-5-9-15;2-1-3/h7-17,25H,5-6,18H2,1-4H3,(H,29,32);3-13,21,28H,14H2,1-2H3,(H,25,29);1H2/b31-24+;27-20+;. The molecule has 4 aromatic carbocycles. The summed E-state index contributed by atoms with van der Waals surface area (Å²) in [6.45, 7) is 3.83. The molecule has 6 aromatic rings. The second kappa shape index (κ2) is 31.5. The Morgan fingerprint density at radius 1 is 0.630 bits per heavy atom. The number of likely N-dealkylation sites (N-methyl/N-ethyl adjacent to an activating group) is 2. The number of aliphatic hydroxyl groups excluding tert-OH is 1. The van der Waals surface area contributed by atoms with Crippen LogP contribution >= 0.6 is 54.2 Å². The number of oxime groups is 2. The molecule has 0 saturated carbocycles. The van der Waals surface area contributed by atoms with Crippen LogP contribution in [0.2, 0.25) is 10.0 Å². The zero-order valence-electron chi connectivity index (χ0n) is 40.7. The van der Waals surface area contributed by atoms with Crippen LogP contribution in [0.4, 0.5) is 0 Å². The summed E-state index contributed by atoms with van der Waals surface area (Å²) in [4.78, 5) is 42.8. The van der Waals surface area contributed by atoms with Crippen LogP contribution in [0.25, 0.3) is 0 Å². The fourth-order valence-electron chi connectivity index (χ4n) is 6.59. The number of benzene rings is 4. The van der Waals surface area contributed by atoms with Gasteiger partial charge in [0, 0.05) is 48.7 Å². The predicted octanol–water partition coefficient (Wildman–Crippen LogP) is 10.6. The molecule has 0 aliphatic heterocycles. The molecule has 2 amide bonds. The first-order valence-corrected chi connectivity index (χ1v) is 25.5. The summed E-state index contributed by atoms with van der Waals surface area (Å²) >= 11 is 22.4. The van der Waals surface area contributed by atoms with Gasteiger partial charge in [0.25, 0.3) is 11.8 Å². The first-order valence-electron chi connectivity index (χ1n) is 22.2. The Balaban J connectivity index is 0.000000307. The van der Waals surface area contributed by atoms with Crippen molar-refractivity contribution in [1.29, 1.82) is 0 Å². The molecule has 0 bridgehead atoms. The van der Waals surface area contributed by atoms with E-state index in [0.29, 0.717) is 38.9 Å². The molecular weight excluding hydrogens is 1050 g/mol. The van der Waals surface area contributed by atoms with Crippen LogP contribution in [0.15, 0.2) is 144 Å². The summed E-state index contributed by atoms with van der Waals surface area (Å²) in [7, 11) is 1.88. The molecule has 22 heteroatoms. The number of phosphoric ester groups is 1. The van der Waals surface area contributed by atoms with E-state index >= 15 is 0 Å². The second-order valence-electron chi connectivity index (χ2n) is 14.5. The smallest absolute Gasteiger partial charge is 0.472 e. The quantitative estimate of drug-likeness (QED) is 0.0250. The number of hydrogen-bond acceptors (Lipinski definition) is 15. The van der Waals surface area contributed by atoms with E-state index in [9.17, 15) is 19.3 Å². The Kier molecular flexibility index (Phi) is 25.6. The van der Waals surface area contributed by atoms with Gasteiger partial charge in [-0.05, 0) is 48.2 Å². The minimum absolute atomic E-state index is 0.0461. The Morgan fingerprint density at radius 2 is 1.03 bits per heavy atom. The fourth-order valence-corrected chi connectivity index (χ4v) is 8.38. The number of halogens is 4. The van der Waals surface area contributed by atoms with Crippen molar-refractivity contribution >= 4 is 77.5 Å². The minimum Gasteiger partial charge on any atom is -0.472 e. The normalized spacial score (nSPS) is 12.2. The summed E-state index contributed by atoms with van der Waals surface area (Å²) in [5, 5.41) is 24.0. The van der Waals surface area contributed by atoms with Crippen LogP contribution < -0.4 is 20.1 Å². The highest BCUT2D eigenvalue weighted by atomic mass is 35.5. The van der Waals surface area contributed by atoms with Crippen molar-refractivity contribution in [3.63, 3.8) is 0 Å². The monoisotopic (exact) mass is 1100 g/mol. The highest BCUT2D eigenvalue weighted by Gasteiger charge is 2.32. The lowest BCUT2D eigenvalue weighted by Crippen LogP contribution is -2.29. The molecule has 0 fully saturated rings. The lowest BCUT2D eigenvalue weighted by Gasteiger charge is -2.24. The first kappa shape index (κ1) is 59.5. The molecule has 0 radical (unpaired) electrons. The molecule has 0 saturated heterocycles. The number of ether oxygens (including phenoxy) is 2. The number of aromatic nitrogens is 2. The summed E-state index contributed by atoms with van der Waals surface area (Å²) in [5.41, 5.74) is 5.22. The number of hydrogen-bond donors (Lipinski definition) is 3. The molecule has 388 valence electrons. The molecule has 0 spiro atoms. The van der Waals surface area contributed by atoms with Crippen LogP contribution in [0.3, 0.4) is 0 Å². The molecule has 2 heterocycles. The van der Waals surface area contributed by atoms with E-state index in [-0.39, 0.29) is 70.9 Å². The van der Waals surface area contributed by atoms with Gasteiger partial charge in [-0.3, -0.25) is 23.2 Å². The average Bonchev–Trinajstić information content (AvgIpc) is 3.41. The van der Waals surface area contributed by atoms with Gasteiger partial charge in [-0.2, -0.15) is 0 Å². The van der Waals surface area contributed by atoms with Crippen LogP contribution in [0.5, 0.6) is 11.8 Å². The third-order valence-corrected chi connectivity index (χ3v) is 12.0. The number of carbonyl (C=O) groups is 2. The molecule has 0 aliphatic carbocycles. The third-order valence-electron chi connectivity index (χ3n) is 9.83. The molecular formula is C51H55Cl4N6O11P. The van der Waals surface area contributed by atoms with E-state index in [1.165, 1.54) is 40.7 Å². The lowest BCUT2D eigenvalue weighted by atomic mass is 10.0. The zero-order chi connectivity index (χ0) is 53.2. The van der Waals surface area contributed by atoms with Crippen LogP contribution in [-0.2, 0) is 50.6 Å². The second-order valence-corrected chi connectivity index (χ2v) is 17.7. The van der Waals surface area contributed by atoms with Crippen LogP contribution in [-0.4, -0.2) is 85.2 Å². The van der Waals surface area contributed by atoms with Crippen molar-refractivity contribution in [2.45, 2.75) is 39.3 Å². The van der Waals surface area contributed by atoms with Gasteiger partial charge in [0.15, 0.2) is 11.4 Å². The average molecular weight is 1100 g/mol. The molecule has 17 nitrogen and oxygen atoms in total. The van der Waals surface area contributed by atoms with E-state index in [4.69, 9.17) is 79.1 Å². The Hall–Kier alpha value is -6.11. The zero-order valence-corrected chi connectivity index (χ0v) is 44.6. The first-order chi connectivity index (χ1) is 35.3. The Morgan fingerprint density at radius 3 is 1.44 bits per heavy atom. The number of aliphatic hydroxyl groups is 1. The van der Waals surface area contributed by atoms with Gasteiger partial charge in [0.05, 0.1) is 18.6 Å². The number of carbonyl (C=O) groups excluding carboxylic acids is 2. The maximum absolute atomic E-state index is 13.2. The van der Waals surface area contributed by atoms with Crippen molar-refractivity contribution in [2.75, 3.05) is 46.9 Å². The van der Waals surface area contributed by atoms with Crippen molar-refractivity contribution in [3.8, 4) is 11.8 Å². The van der Waals surface area contributed by atoms with Crippen LogP contribution in [0.1, 0.15) is 70.6 Å². The fraction of sp³-hybridized carbons (Fsp3) is 0.255. The minimum atomic E-state index is -3.87. The molecule has 2 atom stereocenters. The van der Waals surface area contributed by atoms with Crippen molar-refractivity contribution in [2.24, 2.45) is 10.3 Å². The van der Waals surface area contributed by atoms with Crippen LogP contribution in [0, 0.1) is 0 Å². The molecule has 73 heavy (non-hydrogen) atoms.